The van der Waals surface area contributed by atoms with Crippen LogP contribution in [0.5, 0.6) is 11.5 Å². The van der Waals surface area contributed by atoms with Crippen molar-refractivity contribution >= 4 is 12.1 Å². The van der Waals surface area contributed by atoms with E-state index in [1.165, 1.54) is 6.21 Å². The summed E-state index contributed by atoms with van der Waals surface area (Å²) in [6, 6.07) is 14.6. The van der Waals surface area contributed by atoms with E-state index in [1.54, 1.807) is 30.3 Å². The highest BCUT2D eigenvalue weighted by molar-refractivity contribution is 5.83. The third kappa shape index (κ3) is 4.19. The Bertz CT molecular complexity index is 880. The van der Waals surface area contributed by atoms with Crippen LogP contribution in [-0.4, -0.2) is 24.3 Å². The number of ether oxygens (including phenoxy) is 2. The number of nitrogens with one attached hydrogen (secondary N) is 1. The highest BCUT2D eigenvalue weighted by Crippen LogP contribution is 2.41. The average molecular weight is 349 g/mol. The van der Waals surface area contributed by atoms with E-state index in [2.05, 4.69) is 10.5 Å². The van der Waals surface area contributed by atoms with Gasteiger partial charge in [-0.1, -0.05) is 24.3 Å². The number of carbonyl (C=O) groups is 1. The second-order valence-corrected chi connectivity index (χ2v) is 6.60. The molecule has 0 saturated carbocycles. The fourth-order valence-electron chi connectivity index (χ4n) is 2.70. The van der Waals surface area contributed by atoms with Gasteiger partial charge in [-0.15, -0.1) is 0 Å². The van der Waals surface area contributed by atoms with Gasteiger partial charge in [0.25, 0.3) is 5.91 Å². The molecule has 3 rings (SSSR count). The monoisotopic (exact) mass is 349 g/mol. The molecule has 26 heavy (non-hydrogen) atoms. The first-order chi connectivity index (χ1) is 12.5. The van der Waals surface area contributed by atoms with Crippen molar-refractivity contribution in [2.45, 2.75) is 25.9 Å². The van der Waals surface area contributed by atoms with Gasteiger partial charge in [0.1, 0.15) is 5.60 Å². The zero-order chi connectivity index (χ0) is 18.6. The Labute approximate surface area is 152 Å². The number of nitrogens with zero attached hydrogens (tertiary/aromatic N) is 2. The van der Waals surface area contributed by atoms with Crippen LogP contribution in [-0.2, 0) is 11.2 Å². The summed E-state index contributed by atoms with van der Waals surface area (Å²) in [5.41, 5.74) is 4.57. The van der Waals surface area contributed by atoms with E-state index in [-0.39, 0.29) is 18.1 Å². The molecule has 1 amide bonds. The van der Waals surface area contributed by atoms with Crippen LogP contribution in [0.4, 0.5) is 0 Å². The third-order valence-electron chi connectivity index (χ3n) is 3.86. The minimum absolute atomic E-state index is 0.162. The number of amides is 1. The highest BCUT2D eigenvalue weighted by atomic mass is 16.5. The van der Waals surface area contributed by atoms with Gasteiger partial charge in [0.15, 0.2) is 18.1 Å². The Morgan fingerprint density at radius 1 is 1.35 bits per heavy atom. The van der Waals surface area contributed by atoms with E-state index in [0.29, 0.717) is 17.1 Å². The molecule has 0 fully saturated rings. The minimum Gasteiger partial charge on any atom is -0.483 e. The summed E-state index contributed by atoms with van der Waals surface area (Å²) < 4.78 is 11.5. The smallest absolute Gasteiger partial charge is 0.277 e. The Hall–Kier alpha value is -3.33. The second-order valence-electron chi connectivity index (χ2n) is 6.60. The van der Waals surface area contributed by atoms with Crippen LogP contribution < -0.4 is 14.9 Å². The number of fused-ring (bicyclic) bond motifs is 1. The zero-order valence-corrected chi connectivity index (χ0v) is 14.7. The lowest BCUT2D eigenvalue weighted by atomic mass is 10.0. The van der Waals surface area contributed by atoms with Crippen molar-refractivity contribution in [1.29, 1.82) is 5.26 Å². The van der Waals surface area contributed by atoms with E-state index >= 15 is 0 Å². The van der Waals surface area contributed by atoms with Crippen LogP contribution in [0.2, 0.25) is 0 Å². The molecule has 0 radical (unpaired) electrons. The van der Waals surface area contributed by atoms with Crippen LogP contribution in [0.25, 0.3) is 0 Å². The molecule has 132 valence electrons. The summed E-state index contributed by atoms with van der Waals surface area (Å²) in [7, 11) is 0. The van der Waals surface area contributed by atoms with Crippen molar-refractivity contribution in [3.8, 4) is 17.6 Å². The standard InChI is InChI=1S/C20H19N3O3/c1-20(2)10-16-4-3-5-17(19(16)26-20)25-13-18(24)23-22-12-15-8-6-14(11-21)7-9-15/h3-9,12H,10,13H2,1-2H3,(H,23,24)/b22-12+. The first-order valence-electron chi connectivity index (χ1n) is 8.23. The van der Waals surface area contributed by atoms with E-state index in [4.69, 9.17) is 14.7 Å². The molecule has 0 saturated heterocycles. The number of para-hydroxylation sites is 1. The summed E-state index contributed by atoms with van der Waals surface area (Å²) in [5.74, 6) is 0.885. The van der Waals surface area contributed by atoms with Crippen molar-refractivity contribution in [1.82, 2.24) is 5.43 Å². The molecule has 1 heterocycles. The molecule has 1 aliphatic heterocycles. The number of hydrogen-bond acceptors (Lipinski definition) is 5. The summed E-state index contributed by atoms with van der Waals surface area (Å²) >= 11 is 0. The maximum atomic E-state index is 11.9. The van der Waals surface area contributed by atoms with E-state index in [1.807, 2.05) is 32.0 Å². The topological polar surface area (TPSA) is 83.7 Å². The summed E-state index contributed by atoms with van der Waals surface area (Å²) in [6.07, 6.45) is 2.31. The van der Waals surface area contributed by atoms with Crippen molar-refractivity contribution in [3.63, 3.8) is 0 Å². The summed E-state index contributed by atoms with van der Waals surface area (Å²) in [6.45, 7) is 3.87. The number of rotatable bonds is 5. The molecular formula is C20H19N3O3. The van der Waals surface area contributed by atoms with Gasteiger partial charge < -0.3 is 9.47 Å². The van der Waals surface area contributed by atoms with Gasteiger partial charge in [-0.05, 0) is 37.6 Å². The van der Waals surface area contributed by atoms with Crippen molar-refractivity contribution in [3.05, 3.63) is 59.2 Å². The highest BCUT2D eigenvalue weighted by Gasteiger charge is 2.32. The third-order valence-corrected chi connectivity index (χ3v) is 3.86. The van der Waals surface area contributed by atoms with Gasteiger partial charge in [0, 0.05) is 12.0 Å². The molecule has 0 unspecified atom stereocenters. The van der Waals surface area contributed by atoms with Crippen LogP contribution in [0.3, 0.4) is 0 Å². The lowest BCUT2D eigenvalue weighted by Crippen LogP contribution is -2.26. The quantitative estimate of drug-likeness (QED) is 0.664. The van der Waals surface area contributed by atoms with Crippen molar-refractivity contribution in [2.75, 3.05) is 6.61 Å². The number of benzene rings is 2. The maximum Gasteiger partial charge on any atom is 0.277 e. The Morgan fingerprint density at radius 3 is 2.85 bits per heavy atom. The molecule has 0 bridgehead atoms. The summed E-state index contributed by atoms with van der Waals surface area (Å²) in [4.78, 5) is 11.9. The summed E-state index contributed by atoms with van der Waals surface area (Å²) in [5, 5.41) is 12.6. The molecule has 1 N–H and O–H groups in total. The van der Waals surface area contributed by atoms with E-state index < -0.39 is 0 Å². The van der Waals surface area contributed by atoms with Gasteiger partial charge >= 0.3 is 0 Å². The first-order valence-corrected chi connectivity index (χ1v) is 8.23. The largest absolute Gasteiger partial charge is 0.483 e. The number of hydrogen-bond donors (Lipinski definition) is 1. The first kappa shape index (κ1) is 17.5. The lowest BCUT2D eigenvalue weighted by Gasteiger charge is -2.18. The van der Waals surface area contributed by atoms with Gasteiger partial charge in [-0.3, -0.25) is 4.79 Å². The predicted molar refractivity (Wildman–Crippen MR) is 97.2 cm³/mol. The molecule has 2 aromatic carbocycles. The Kier molecular flexibility index (Phi) is 4.90. The zero-order valence-electron chi connectivity index (χ0n) is 14.7. The fourth-order valence-corrected chi connectivity index (χ4v) is 2.70. The molecule has 1 aliphatic rings. The maximum absolute atomic E-state index is 11.9. The van der Waals surface area contributed by atoms with E-state index in [9.17, 15) is 4.79 Å². The average Bonchev–Trinajstić information content (AvgIpc) is 2.95. The predicted octanol–water partition coefficient (Wildman–Crippen LogP) is 2.80. The SMILES string of the molecule is CC1(C)Cc2cccc(OCC(=O)N/N=C/c3ccc(C#N)cc3)c2O1. The molecule has 0 atom stereocenters. The van der Waals surface area contributed by atoms with Crippen LogP contribution >= 0.6 is 0 Å². The van der Waals surface area contributed by atoms with Crippen molar-refractivity contribution in [2.24, 2.45) is 5.10 Å². The second kappa shape index (κ2) is 7.28. The number of carbonyl (C=O) groups excluding carboxylic acids is 1. The molecule has 6 heteroatoms. The van der Waals surface area contributed by atoms with Crippen LogP contribution in [0.15, 0.2) is 47.6 Å². The molecule has 0 aliphatic carbocycles. The lowest BCUT2D eigenvalue weighted by molar-refractivity contribution is -0.123. The normalized spacial score (nSPS) is 14.3. The Morgan fingerprint density at radius 2 is 2.12 bits per heavy atom. The Balaban J connectivity index is 1.53. The van der Waals surface area contributed by atoms with Crippen molar-refractivity contribution < 1.29 is 14.3 Å². The fraction of sp³-hybridized carbons (Fsp3) is 0.250. The van der Waals surface area contributed by atoms with E-state index in [0.717, 1.165) is 17.5 Å². The van der Waals surface area contributed by atoms with Crippen LogP contribution in [0, 0.1) is 11.3 Å². The molecule has 6 nitrogen and oxygen atoms in total. The van der Waals surface area contributed by atoms with Gasteiger partial charge in [0.2, 0.25) is 0 Å². The molecular weight excluding hydrogens is 330 g/mol. The van der Waals surface area contributed by atoms with Gasteiger partial charge in [0.05, 0.1) is 17.8 Å². The molecule has 2 aromatic rings. The van der Waals surface area contributed by atoms with Gasteiger partial charge in [-0.25, -0.2) is 5.43 Å². The number of nitriles is 1. The van der Waals surface area contributed by atoms with Crippen LogP contribution in [0.1, 0.15) is 30.5 Å². The minimum atomic E-state index is -0.371. The molecule has 0 spiro atoms. The molecule has 0 aromatic heterocycles. The van der Waals surface area contributed by atoms with Gasteiger partial charge in [-0.2, -0.15) is 10.4 Å². The number of hydrazone groups is 1.